The molecule has 0 aromatic heterocycles. The quantitative estimate of drug-likeness (QED) is 0.296. The first kappa shape index (κ1) is 20.1. The maximum Gasteiger partial charge on any atom is 0.378 e. The van der Waals surface area contributed by atoms with Gasteiger partial charge < -0.3 is 0 Å². The molecule has 2 aromatic rings. The number of carbonyl (C=O) groups is 1. The molecule has 0 bridgehead atoms. The van der Waals surface area contributed by atoms with E-state index in [1.165, 1.54) is 0 Å². The summed E-state index contributed by atoms with van der Waals surface area (Å²) < 4.78 is 0. The highest BCUT2D eigenvalue weighted by molar-refractivity contribution is 5.79. The fourth-order valence-electron chi connectivity index (χ4n) is 1.55. The summed E-state index contributed by atoms with van der Waals surface area (Å²) in [6.45, 7) is 0. The van der Waals surface area contributed by atoms with Gasteiger partial charge in [-0.3, -0.25) is 5.01 Å². The van der Waals surface area contributed by atoms with Crippen LogP contribution in [0.2, 0.25) is 0 Å². The first-order valence-electron chi connectivity index (χ1n) is 6.30. The Kier molecular flexibility index (Phi) is 10.7. The van der Waals surface area contributed by atoms with Gasteiger partial charge in [-0.25, -0.2) is 30.6 Å². The maximum absolute atomic E-state index is 11.3. The number of carbonyl (C=O) groups excluding carboxylic acids is 3. The molecule has 122 valence electrons. The van der Waals surface area contributed by atoms with E-state index in [0.29, 0.717) is 0 Å². The van der Waals surface area contributed by atoms with Crippen molar-refractivity contribution in [3.05, 3.63) is 60.7 Å². The van der Waals surface area contributed by atoms with Crippen LogP contribution in [0, 0.1) is 16.3 Å². The molecule has 0 fully saturated rings. The molecule has 9 nitrogen and oxygen atoms in total. The third-order valence-electron chi connectivity index (χ3n) is 2.34. The Morgan fingerprint density at radius 3 is 1.50 bits per heavy atom. The predicted octanol–water partition coefficient (Wildman–Crippen LogP) is 3.28. The van der Waals surface area contributed by atoms with Crippen LogP contribution in [0.4, 0.5) is 16.2 Å². The van der Waals surface area contributed by atoms with Gasteiger partial charge in [-0.15, -0.1) is 0 Å². The van der Waals surface area contributed by atoms with Crippen molar-refractivity contribution in [2.75, 3.05) is 5.01 Å². The van der Waals surface area contributed by atoms with E-state index in [-0.39, 0.29) is 0 Å². The van der Waals surface area contributed by atoms with Crippen molar-refractivity contribution in [3.63, 3.8) is 0 Å². The van der Waals surface area contributed by atoms with Gasteiger partial charge in [0.05, 0.1) is 11.4 Å². The van der Waals surface area contributed by atoms with Crippen LogP contribution >= 0.6 is 0 Å². The van der Waals surface area contributed by atoms with Crippen LogP contribution < -0.4 is 10.4 Å². The van der Waals surface area contributed by atoms with Gasteiger partial charge in [0.1, 0.15) is 0 Å². The van der Waals surface area contributed by atoms with E-state index in [0.717, 1.165) is 23.5 Å². The summed E-state index contributed by atoms with van der Waals surface area (Å²) in [5.41, 5.74) is 10.8. The van der Waals surface area contributed by atoms with Gasteiger partial charge in [-0.2, -0.15) is 5.53 Å². The Morgan fingerprint density at radius 2 is 1.21 bits per heavy atom. The number of anilines is 2. The zero-order chi connectivity index (χ0) is 18.2. The molecule has 0 radical (unpaired) electrons. The first-order chi connectivity index (χ1) is 11.6. The summed E-state index contributed by atoms with van der Waals surface area (Å²) in [4.78, 5) is 28.0. The lowest BCUT2D eigenvalue weighted by molar-refractivity contribution is 0.247. The molecule has 0 aliphatic rings. The third kappa shape index (κ3) is 7.75. The molecule has 9 heteroatoms. The molecule has 0 aliphatic carbocycles. The van der Waals surface area contributed by atoms with Crippen LogP contribution in [0.5, 0.6) is 0 Å². The van der Waals surface area contributed by atoms with Crippen molar-refractivity contribution in [2.24, 2.45) is 5.11 Å². The summed E-state index contributed by atoms with van der Waals surface area (Å²) in [5, 5.41) is 15.2. The minimum Gasteiger partial charge on any atom is -0.252 e. The van der Waals surface area contributed by atoms with E-state index >= 15 is 0 Å². The van der Waals surface area contributed by atoms with Crippen LogP contribution in [-0.2, 0) is 9.59 Å². The van der Waals surface area contributed by atoms with Crippen LogP contribution in [0.15, 0.2) is 65.8 Å². The van der Waals surface area contributed by atoms with Gasteiger partial charge in [-0.05, 0) is 24.3 Å². The molecule has 0 atom stereocenters. The Labute approximate surface area is 137 Å². The number of para-hydroxylation sites is 2. The fourth-order valence-corrected chi connectivity index (χ4v) is 1.55. The molecular formula is C15H14N6O3. The number of rotatable bonds is 3. The molecule has 4 N–H and O–H groups in total. The second-order valence-electron chi connectivity index (χ2n) is 3.74. The average Bonchev–Trinajstić information content (AvgIpc) is 2.62. The lowest BCUT2D eigenvalue weighted by Gasteiger charge is -2.23. The fraction of sp³-hybridized carbons (Fsp3) is 0. The summed E-state index contributed by atoms with van der Waals surface area (Å²) in [6, 6.07) is 18.0. The van der Waals surface area contributed by atoms with Crippen LogP contribution in [0.1, 0.15) is 0 Å². The van der Waals surface area contributed by atoms with E-state index in [9.17, 15) is 4.79 Å². The molecular weight excluding hydrogens is 312 g/mol. The van der Waals surface area contributed by atoms with Gasteiger partial charge >= 0.3 is 6.03 Å². The maximum atomic E-state index is 11.3. The number of amides is 2. The van der Waals surface area contributed by atoms with Gasteiger partial charge in [-0.1, -0.05) is 41.5 Å². The monoisotopic (exact) mass is 326 g/mol. The Hall–Kier alpha value is -3.93. The molecule has 0 aliphatic heterocycles. The van der Waals surface area contributed by atoms with Crippen molar-refractivity contribution < 1.29 is 14.4 Å². The number of benzene rings is 2. The second-order valence-corrected chi connectivity index (χ2v) is 3.74. The summed E-state index contributed by atoms with van der Waals surface area (Å²) in [5.74, 6) is 0. The van der Waals surface area contributed by atoms with Crippen molar-refractivity contribution in [3.8, 4) is 0 Å². The zero-order valence-electron chi connectivity index (χ0n) is 12.4. The SMILES string of the molecule is N=C=O.N=C=O.N=NC(=O)NN(c1ccccc1)c1ccccc1. The highest BCUT2D eigenvalue weighted by atomic mass is 16.2. The number of isocyanates is 2. The third-order valence-corrected chi connectivity index (χ3v) is 2.34. The molecule has 0 heterocycles. The number of nitrogens with zero attached hydrogens (tertiary/aromatic N) is 2. The van der Waals surface area contributed by atoms with E-state index < -0.39 is 6.03 Å². The van der Waals surface area contributed by atoms with E-state index in [4.69, 9.17) is 25.9 Å². The minimum atomic E-state index is -0.720. The topological polar surface area (TPSA) is 150 Å². The van der Waals surface area contributed by atoms with Crippen molar-refractivity contribution in [1.82, 2.24) is 5.43 Å². The van der Waals surface area contributed by atoms with Crippen molar-refractivity contribution >= 4 is 29.6 Å². The molecule has 0 saturated carbocycles. The molecule has 24 heavy (non-hydrogen) atoms. The smallest absolute Gasteiger partial charge is 0.252 e. The van der Waals surface area contributed by atoms with Crippen molar-refractivity contribution in [2.45, 2.75) is 0 Å². The Balaban J connectivity index is 0.000000772. The highest BCUT2D eigenvalue weighted by Gasteiger charge is 2.11. The van der Waals surface area contributed by atoms with Gasteiger partial charge in [0.2, 0.25) is 12.2 Å². The molecule has 2 aromatic carbocycles. The lowest BCUT2D eigenvalue weighted by Crippen LogP contribution is -2.36. The highest BCUT2D eigenvalue weighted by Crippen LogP contribution is 2.22. The average molecular weight is 326 g/mol. The lowest BCUT2D eigenvalue weighted by atomic mass is 10.2. The zero-order valence-corrected chi connectivity index (χ0v) is 12.4. The van der Waals surface area contributed by atoms with Gasteiger partial charge in [0.15, 0.2) is 0 Å². The van der Waals surface area contributed by atoms with E-state index in [2.05, 4.69) is 10.5 Å². The normalized spacial score (nSPS) is 7.83. The Morgan fingerprint density at radius 1 is 0.875 bits per heavy atom. The van der Waals surface area contributed by atoms with Crippen molar-refractivity contribution in [1.29, 1.82) is 16.3 Å². The van der Waals surface area contributed by atoms with Gasteiger partial charge in [0.25, 0.3) is 0 Å². The summed E-state index contributed by atoms with van der Waals surface area (Å²) in [6.07, 6.45) is 1.50. The van der Waals surface area contributed by atoms with Crippen LogP contribution in [0.25, 0.3) is 0 Å². The van der Waals surface area contributed by atoms with E-state index in [1.54, 1.807) is 5.01 Å². The van der Waals surface area contributed by atoms with Crippen LogP contribution in [-0.4, -0.2) is 18.2 Å². The number of urea groups is 1. The number of nitrogens with one attached hydrogen (secondary N) is 4. The van der Waals surface area contributed by atoms with E-state index in [1.807, 2.05) is 60.7 Å². The number of hydrogen-bond acceptors (Lipinski definition) is 7. The first-order valence-corrected chi connectivity index (χ1v) is 6.30. The van der Waals surface area contributed by atoms with Crippen LogP contribution in [0.3, 0.4) is 0 Å². The number of hydrogen-bond donors (Lipinski definition) is 4. The summed E-state index contributed by atoms with van der Waals surface area (Å²) in [7, 11) is 0. The summed E-state index contributed by atoms with van der Waals surface area (Å²) >= 11 is 0. The standard InChI is InChI=1S/C13H12N4O.2CHNO/c14-15-13(18)16-17(11-7-3-1-4-8-11)12-9-5-2-6-10-12;2*2-1-3/h1-10,14H,(H,16,18);2*2H. The number of hydrazine groups is 1. The largest absolute Gasteiger partial charge is 0.378 e. The minimum absolute atomic E-state index is 0.720. The molecule has 2 rings (SSSR count). The molecule has 0 unspecified atom stereocenters. The molecule has 0 spiro atoms. The predicted molar refractivity (Wildman–Crippen MR) is 85.5 cm³/mol. The second kappa shape index (κ2) is 12.8. The molecule has 2 amide bonds. The Bertz CT molecular complexity index is 642. The van der Waals surface area contributed by atoms with Gasteiger partial charge in [0, 0.05) is 0 Å². The molecule has 0 saturated heterocycles.